The molecule has 120 valence electrons. The zero-order valence-electron chi connectivity index (χ0n) is 12.1. The van der Waals surface area contributed by atoms with Gasteiger partial charge in [0, 0.05) is 30.0 Å². The molecule has 9 heteroatoms. The Labute approximate surface area is 140 Å². The molecule has 2 amide bonds. The van der Waals surface area contributed by atoms with Crippen LogP contribution < -0.4 is 0 Å². The molecular formula is C14H13N3O4S2. The van der Waals surface area contributed by atoms with Crippen LogP contribution in [0.25, 0.3) is 0 Å². The lowest BCUT2D eigenvalue weighted by Gasteiger charge is -2.51. The summed E-state index contributed by atoms with van der Waals surface area (Å²) in [6.07, 6.45) is 4.73. The molecule has 0 saturated carbocycles. The normalized spacial score (nSPS) is 22.7. The molecule has 3 rings (SSSR count). The fourth-order valence-electron chi connectivity index (χ4n) is 2.43. The molecule has 0 radical (unpaired) electrons. The van der Waals surface area contributed by atoms with E-state index < -0.39 is 12.0 Å². The predicted octanol–water partition coefficient (Wildman–Crippen LogP) is 1.19. The molecule has 2 atom stereocenters. The van der Waals surface area contributed by atoms with E-state index in [9.17, 15) is 19.5 Å². The SMILES string of the molecule is CC(=O)N(Sc1ccncc1)[C@@H]1C(=O)N2C(C(=O)O)=CCS[C@H]12. The lowest BCUT2D eigenvalue weighted by atomic mass is 10.1. The molecule has 1 N–H and O–H groups in total. The number of nitrogens with zero attached hydrogens (tertiary/aromatic N) is 3. The number of β-lactam (4-membered cyclic amide) rings is 1. The zero-order chi connectivity index (χ0) is 16.6. The van der Waals surface area contributed by atoms with Crippen molar-refractivity contribution in [3.8, 4) is 0 Å². The number of aromatic nitrogens is 1. The number of carboxylic acids is 1. The number of hydrogen-bond acceptors (Lipinski definition) is 6. The molecule has 1 aromatic heterocycles. The maximum atomic E-state index is 12.4. The average Bonchev–Trinajstić information content (AvgIpc) is 2.54. The summed E-state index contributed by atoms with van der Waals surface area (Å²) in [5, 5.41) is 8.82. The summed E-state index contributed by atoms with van der Waals surface area (Å²) in [6, 6.07) is 2.83. The van der Waals surface area contributed by atoms with E-state index in [0.29, 0.717) is 5.75 Å². The van der Waals surface area contributed by atoms with Gasteiger partial charge in [0.15, 0.2) is 6.04 Å². The number of pyridine rings is 1. The first kappa shape index (κ1) is 15.9. The first-order chi connectivity index (χ1) is 11.0. The van der Waals surface area contributed by atoms with Crippen molar-refractivity contribution in [2.45, 2.75) is 23.2 Å². The van der Waals surface area contributed by atoms with Crippen LogP contribution in [0.2, 0.25) is 0 Å². The Balaban J connectivity index is 1.83. The molecule has 0 spiro atoms. The van der Waals surface area contributed by atoms with Gasteiger partial charge in [-0.05, 0) is 30.2 Å². The maximum Gasteiger partial charge on any atom is 0.352 e. The van der Waals surface area contributed by atoms with Crippen LogP contribution in [0.4, 0.5) is 0 Å². The van der Waals surface area contributed by atoms with Crippen molar-refractivity contribution in [2.75, 3.05) is 5.75 Å². The van der Waals surface area contributed by atoms with Gasteiger partial charge in [-0.2, -0.15) is 0 Å². The molecule has 3 heterocycles. The van der Waals surface area contributed by atoms with Gasteiger partial charge in [0.2, 0.25) is 5.91 Å². The van der Waals surface area contributed by atoms with E-state index in [4.69, 9.17) is 0 Å². The molecule has 0 bridgehead atoms. The molecule has 23 heavy (non-hydrogen) atoms. The lowest BCUT2D eigenvalue weighted by Crippen LogP contribution is -2.69. The number of thioether (sulfide) groups is 1. The van der Waals surface area contributed by atoms with E-state index >= 15 is 0 Å². The number of aliphatic carboxylic acids is 1. The number of amides is 2. The Morgan fingerprint density at radius 2 is 2.13 bits per heavy atom. The van der Waals surface area contributed by atoms with Gasteiger partial charge in [-0.25, -0.2) is 4.79 Å². The van der Waals surface area contributed by atoms with Gasteiger partial charge in [0.05, 0.1) is 0 Å². The monoisotopic (exact) mass is 351 g/mol. The molecule has 0 unspecified atom stereocenters. The topological polar surface area (TPSA) is 90.8 Å². The van der Waals surface area contributed by atoms with Gasteiger partial charge in [-0.3, -0.25) is 23.8 Å². The van der Waals surface area contributed by atoms with Crippen LogP contribution in [0.5, 0.6) is 0 Å². The highest BCUT2D eigenvalue weighted by atomic mass is 32.2. The second kappa shape index (κ2) is 6.25. The number of carbonyl (C=O) groups excluding carboxylic acids is 2. The van der Waals surface area contributed by atoms with Crippen molar-refractivity contribution in [2.24, 2.45) is 0 Å². The predicted molar refractivity (Wildman–Crippen MR) is 85.2 cm³/mol. The maximum absolute atomic E-state index is 12.4. The number of carbonyl (C=O) groups is 3. The minimum Gasteiger partial charge on any atom is -0.477 e. The second-order valence-corrected chi connectivity index (χ2v) is 7.09. The summed E-state index contributed by atoms with van der Waals surface area (Å²) in [5.41, 5.74) is -0.00702. The van der Waals surface area contributed by atoms with E-state index in [0.717, 1.165) is 4.90 Å². The van der Waals surface area contributed by atoms with Crippen molar-refractivity contribution in [1.82, 2.24) is 14.2 Å². The van der Waals surface area contributed by atoms with E-state index in [2.05, 4.69) is 4.98 Å². The highest BCUT2D eigenvalue weighted by Gasteiger charge is 2.55. The molecule has 1 fully saturated rings. The van der Waals surface area contributed by atoms with E-state index in [-0.39, 0.29) is 22.9 Å². The quantitative estimate of drug-likeness (QED) is 0.643. The third-order valence-corrected chi connectivity index (χ3v) is 5.79. The Kier molecular flexibility index (Phi) is 4.31. The molecule has 1 saturated heterocycles. The Morgan fingerprint density at radius 3 is 2.74 bits per heavy atom. The Bertz CT molecular complexity index is 695. The van der Waals surface area contributed by atoms with Crippen LogP contribution in [0.1, 0.15) is 6.92 Å². The summed E-state index contributed by atoms with van der Waals surface area (Å²) in [6.45, 7) is 1.39. The third kappa shape index (κ3) is 2.81. The van der Waals surface area contributed by atoms with Crippen molar-refractivity contribution >= 4 is 41.5 Å². The molecule has 7 nitrogen and oxygen atoms in total. The van der Waals surface area contributed by atoms with Crippen LogP contribution in [-0.2, 0) is 14.4 Å². The van der Waals surface area contributed by atoms with Crippen molar-refractivity contribution < 1.29 is 19.5 Å². The van der Waals surface area contributed by atoms with Crippen LogP contribution in [0, 0.1) is 0 Å². The highest BCUT2D eigenvalue weighted by Crippen LogP contribution is 2.42. The number of rotatable bonds is 4. The van der Waals surface area contributed by atoms with Gasteiger partial charge >= 0.3 is 5.97 Å². The van der Waals surface area contributed by atoms with Crippen molar-refractivity contribution in [3.05, 3.63) is 36.3 Å². The third-order valence-electron chi connectivity index (χ3n) is 3.45. The largest absolute Gasteiger partial charge is 0.477 e. The smallest absolute Gasteiger partial charge is 0.352 e. The standard InChI is InChI=1S/C14H13N3O4S2/c1-8(18)17(23-9-2-5-15-6-3-9)11-12(19)16-10(14(20)21)4-7-22-13(11)16/h2-6,11,13H,7H2,1H3,(H,20,21)/t11-,13-/m1/s1. The summed E-state index contributed by atoms with van der Waals surface area (Å²) < 4.78 is 1.41. The molecule has 0 aliphatic carbocycles. The van der Waals surface area contributed by atoms with Gasteiger partial charge in [0.25, 0.3) is 5.91 Å². The molecule has 2 aliphatic heterocycles. The number of hydrogen-bond donors (Lipinski definition) is 1. The van der Waals surface area contributed by atoms with Crippen LogP contribution in [0.3, 0.4) is 0 Å². The van der Waals surface area contributed by atoms with Crippen LogP contribution in [0.15, 0.2) is 41.2 Å². The minimum absolute atomic E-state index is 0.00702. The van der Waals surface area contributed by atoms with Crippen molar-refractivity contribution in [3.63, 3.8) is 0 Å². The molecule has 0 aromatic carbocycles. The van der Waals surface area contributed by atoms with Crippen LogP contribution >= 0.6 is 23.7 Å². The zero-order valence-corrected chi connectivity index (χ0v) is 13.7. The van der Waals surface area contributed by atoms with Gasteiger partial charge in [-0.1, -0.05) is 0 Å². The summed E-state index contributed by atoms with van der Waals surface area (Å²) in [7, 11) is 0. The fraction of sp³-hybridized carbons (Fsp3) is 0.286. The van der Waals surface area contributed by atoms with Crippen molar-refractivity contribution in [1.29, 1.82) is 0 Å². The highest BCUT2D eigenvalue weighted by molar-refractivity contribution is 8.00. The summed E-state index contributed by atoms with van der Waals surface area (Å²) in [5.74, 6) is -1.25. The molecular weight excluding hydrogens is 338 g/mol. The fourth-order valence-corrected chi connectivity index (χ4v) is 4.66. The van der Waals surface area contributed by atoms with E-state index in [1.807, 2.05) is 0 Å². The first-order valence-corrected chi connectivity index (χ1v) is 8.59. The lowest BCUT2D eigenvalue weighted by molar-refractivity contribution is -0.154. The summed E-state index contributed by atoms with van der Waals surface area (Å²) in [4.78, 5) is 41.6. The summed E-state index contributed by atoms with van der Waals surface area (Å²) >= 11 is 2.61. The van der Waals surface area contributed by atoms with Gasteiger partial charge < -0.3 is 5.11 Å². The van der Waals surface area contributed by atoms with E-state index in [1.54, 1.807) is 24.5 Å². The molecule has 1 aromatic rings. The molecule has 2 aliphatic rings. The number of fused-ring (bicyclic) bond motifs is 1. The number of carboxylic acid groups (broad SMARTS) is 1. The Hall–Kier alpha value is -2.00. The van der Waals surface area contributed by atoms with Gasteiger partial charge in [-0.15, -0.1) is 11.8 Å². The van der Waals surface area contributed by atoms with Crippen LogP contribution in [-0.4, -0.2) is 54.2 Å². The Morgan fingerprint density at radius 1 is 1.43 bits per heavy atom. The minimum atomic E-state index is -1.13. The van der Waals surface area contributed by atoms with E-state index in [1.165, 1.54) is 45.9 Å². The first-order valence-electron chi connectivity index (χ1n) is 6.76. The average molecular weight is 351 g/mol. The second-order valence-electron chi connectivity index (χ2n) is 4.89. The van der Waals surface area contributed by atoms with Gasteiger partial charge in [0.1, 0.15) is 11.1 Å².